The van der Waals surface area contributed by atoms with Gasteiger partial charge in [-0.25, -0.2) is 4.98 Å². The topological polar surface area (TPSA) is 101 Å². The minimum Gasteiger partial charge on any atom is -0.454 e. The van der Waals surface area contributed by atoms with E-state index < -0.39 is 0 Å². The quantitative estimate of drug-likeness (QED) is 0.270. The van der Waals surface area contributed by atoms with Crippen LogP contribution in [0.25, 0.3) is 10.9 Å². The van der Waals surface area contributed by atoms with Gasteiger partial charge in [0.1, 0.15) is 0 Å². The molecule has 39 heavy (non-hydrogen) atoms. The van der Waals surface area contributed by atoms with Gasteiger partial charge >= 0.3 is 0 Å². The molecule has 0 aliphatic carbocycles. The van der Waals surface area contributed by atoms with Gasteiger partial charge < -0.3 is 19.3 Å². The maximum Gasteiger partial charge on any atom is 0.262 e. The molecule has 196 valence electrons. The maximum absolute atomic E-state index is 13.5. The fourth-order valence-electron chi connectivity index (χ4n) is 4.86. The highest BCUT2D eigenvalue weighted by atomic mass is 32.2. The van der Waals surface area contributed by atoms with Crippen LogP contribution < -0.4 is 19.9 Å². The second-order valence-corrected chi connectivity index (χ2v) is 10.2. The molecule has 4 aromatic rings. The van der Waals surface area contributed by atoms with Crippen molar-refractivity contribution in [3.63, 3.8) is 0 Å². The third-order valence-corrected chi connectivity index (χ3v) is 7.75. The summed E-state index contributed by atoms with van der Waals surface area (Å²) in [4.78, 5) is 35.5. The number of benzene rings is 3. The summed E-state index contributed by atoms with van der Waals surface area (Å²) < 4.78 is 12.4. The Balaban J connectivity index is 1.20. The summed E-state index contributed by atoms with van der Waals surface area (Å²) in [7, 11) is 0. The van der Waals surface area contributed by atoms with Gasteiger partial charge in [-0.05, 0) is 35.9 Å². The number of thioether (sulfide) groups is 1. The van der Waals surface area contributed by atoms with Crippen molar-refractivity contribution >= 4 is 34.3 Å². The number of nitrogens with zero attached hydrogens (tertiary/aromatic N) is 5. The molecule has 9 nitrogen and oxygen atoms in total. The lowest BCUT2D eigenvalue weighted by Crippen LogP contribution is -2.48. The summed E-state index contributed by atoms with van der Waals surface area (Å²) in [5, 5.41) is 9.99. The highest BCUT2D eigenvalue weighted by Gasteiger charge is 2.23. The number of carbonyl (C=O) groups is 1. The predicted molar refractivity (Wildman–Crippen MR) is 149 cm³/mol. The molecule has 3 aromatic carbocycles. The molecule has 6 rings (SSSR count). The molecule has 0 radical (unpaired) electrons. The van der Waals surface area contributed by atoms with Crippen molar-refractivity contribution in [1.82, 2.24) is 14.5 Å². The van der Waals surface area contributed by atoms with Crippen LogP contribution in [0.3, 0.4) is 0 Å². The van der Waals surface area contributed by atoms with E-state index in [1.165, 1.54) is 17.4 Å². The number of aromatic nitrogens is 2. The number of ether oxygens (including phenoxy) is 2. The summed E-state index contributed by atoms with van der Waals surface area (Å²) in [6.07, 6.45) is 0. The molecule has 1 amide bonds. The molecule has 0 atom stereocenters. The molecule has 2 aliphatic rings. The first-order valence-electron chi connectivity index (χ1n) is 12.6. The first-order valence-corrected chi connectivity index (χ1v) is 13.6. The van der Waals surface area contributed by atoms with Gasteiger partial charge in [0.25, 0.3) is 11.5 Å². The lowest BCUT2D eigenvalue weighted by Gasteiger charge is -2.36. The number of amides is 1. The highest BCUT2D eigenvalue weighted by molar-refractivity contribution is 7.99. The minimum atomic E-state index is -0.227. The third kappa shape index (κ3) is 5.01. The van der Waals surface area contributed by atoms with E-state index in [2.05, 4.69) is 28.1 Å². The molecule has 1 aromatic heterocycles. The van der Waals surface area contributed by atoms with E-state index in [9.17, 15) is 9.59 Å². The number of anilines is 1. The summed E-state index contributed by atoms with van der Waals surface area (Å²) in [6, 6.07) is 23.0. The Bertz CT molecular complexity index is 1620. The maximum atomic E-state index is 13.5. The first kappa shape index (κ1) is 24.8. The molecule has 10 heteroatoms. The van der Waals surface area contributed by atoms with Crippen LogP contribution in [0.4, 0.5) is 5.69 Å². The molecule has 0 spiro atoms. The zero-order valence-electron chi connectivity index (χ0n) is 21.1. The highest BCUT2D eigenvalue weighted by Crippen LogP contribution is 2.35. The van der Waals surface area contributed by atoms with E-state index in [4.69, 9.17) is 14.7 Å². The van der Waals surface area contributed by atoms with Gasteiger partial charge in [0.05, 0.1) is 29.3 Å². The van der Waals surface area contributed by atoms with E-state index in [1.54, 1.807) is 28.8 Å². The average Bonchev–Trinajstić information content (AvgIpc) is 3.45. The van der Waals surface area contributed by atoms with Crippen LogP contribution in [0.15, 0.2) is 76.7 Å². The Hall–Kier alpha value is -4.49. The van der Waals surface area contributed by atoms with Gasteiger partial charge in [-0.2, -0.15) is 5.26 Å². The average molecular weight is 540 g/mol. The Morgan fingerprint density at radius 1 is 0.974 bits per heavy atom. The summed E-state index contributed by atoms with van der Waals surface area (Å²) in [6.45, 7) is 3.25. The van der Waals surface area contributed by atoms with Crippen molar-refractivity contribution in [3.05, 3.63) is 88.2 Å². The number of fused-ring (bicyclic) bond motifs is 2. The van der Waals surface area contributed by atoms with E-state index >= 15 is 0 Å². The predicted octanol–water partition coefficient (Wildman–Crippen LogP) is 3.75. The van der Waals surface area contributed by atoms with Gasteiger partial charge in [0.2, 0.25) is 6.79 Å². The van der Waals surface area contributed by atoms with Crippen molar-refractivity contribution in [2.75, 3.05) is 43.6 Å². The SMILES string of the molecule is N#CCSc1nc2cc3c(cc2c(=O)n1Cc1ccc(C(=O)N2CCN(c4ccccc4)CC2)cc1)OCO3. The Labute approximate surface area is 229 Å². The standard InChI is InChI=1S/C29H25N5O4S/c30-10-15-39-29-31-24-17-26-25(37-19-38-26)16-23(24)28(36)34(29)18-20-6-8-21(9-7-20)27(35)33-13-11-32(12-14-33)22-4-2-1-3-5-22/h1-9,16-17H,11-15,18-19H2. The first-order chi connectivity index (χ1) is 19.1. The minimum absolute atomic E-state index is 0.000129. The van der Waals surface area contributed by atoms with Gasteiger partial charge in [-0.15, -0.1) is 0 Å². The van der Waals surface area contributed by atoms with Crippen LogP contribution in [0.5, 0.6) is 11.5 Å². The second kappa shape index (κ2) is 10.7. The number of carbonyl (C=O) groups excluding carboxylic acids is 1. The van der Waals surface area contributed by atoms with Crippen LogP contribution in [0, 0.1) is 11.3 Å². The second-order valence-electron chi connectivity index (χ2n) is 9.27. The Morgan fingerprint density at radius 2 is 1.69 bits per heavy atom. The van der Waals surface area contributed by atoms with E-state index in [1.807, 2.05) is 35.2 Å². The summed E-state index contributed by atoms with van der Waals surface area (Å²) >= 11 is 1.21. The summed E-state index contributed by atoms with van der Waals surface area (Å²) in [5.74, 6) is 1.22. The molecule has 1 saturated heterocycles. The van der Waals surface area contributed by atoms with Gasteiger partial charge in [0, 0.05) is 43.5 Å². The Kier molecular flexibility index (Phi) is 6.82. The van der Waals surface area contributed by atoms with Gasteiger partial charge in [-0.1, -0.05) is 42.1 Å². The fraction of sp³-hybridized carbons (Fsp3) is 0.241. The Morgan fingerprint density at radius 3 is 2.41 bits per heavy atom. The van der Waals surface area contributed by atoms with Crippen LogP contribution in [-0.2, 0) is 6.54 Å². The van der Waals surface area contributed by atoms with Gasteiger partial charge in [0.15, 0.2) is 16.7 Å². The van der Waals surface area contributed by atoms with Gasteiger partial charge in [-0.3, -0.25) is 14.2 Å². The van der Waals surface area contributed by atoms with E-state index in [0.29, 0.717) is 46.2 Å². The smallest absolute Gasteiger partial charge is 0.262 e. The zero-order chi connectivity index (χ0) is 26.8. The summed E-state index contributed by atoms with van der Waals surface area (Å²) in [5.41, 5.74) is 2.90. The fourth-order valence-corrected chi connectivity index (χ4v) is 5.52. The molecule has 3 heterocycles. The lowest BCUT2D eigenvalue weighted by atomic mass is 10.1. The van der Waals surface area contributed by atoms with Crippen LogP contribution in [-0.4, -0.2) is 59.1 Å². The molecule has 0 saturated carbocycles. The number of piperazine rings is 1. The van der Waals surface area contributed by atoms with Crippen molar-refractivity contribution in [2.45, 2.75) is 11.7 Å². The normalized spacial score (nSPS) is 14.4. The molecule has 0 bridgehead atoms. The molecule has 1 fully saturated rings. The number of para-hydroxylation sites is 1. The third-order valence-electron chi connectivity index (χ3n) is 6.91. The van der Waals surface area contributed by atoms with Crippen LogP contribution in [0.2, 0.25) is 0 Å². The van der Waals surface area contributed by atoms with Crippen molar-refractivity contribution in [3.8, 4) is 17.6 Å². The van der Waals surface area contributed by atoms with Crippen LogP contribution >= 0.6 is 11.8 Å². The van der Waals surface area contributed by atoms with Crippen molar-refractivity contribution in [2.24, 2.45) is 0 Å². The number of rotatable bonds is 6. The molecule has 0 unspecified atom stereocenters. The number of nitriles is 1. The zero-order valence-corrected chi connectivity index (χ0v) is 21.9. The molecule has 0 N–H and O–H groups in total. The lowest BCUT2D eigenvalue weighted by molar-refractivity contribution is 0.0746. The number of hydrogen-bond donors (Lipinski definition) is 0. The molecular weight excluding hydrogens is 514 g/mol. The van der Waals surface area contributed by atoms with Crippen LogP contribution in [0.1, 0.15) is 15.9 Å². The van der Waals surface area contributed by atoms with Crippen molar-refractivity contribution < 1.29 is 14.3 Å². The number of hydrogen-bond acceptors (Lipinski definition) is 8. The van der Waals surface area contributed by atoms with E-state index in [-0.39, 0.29) is 30.6 Å². The molecule has 2 aliphatic heterocycles. The van der Waals surface area contributed by atoms with Crippen molar-refractivity contribution in [1.29, 1.82) is 5.26 Å². The largest absolute Gasteiger partial charge is 0.454 e. The monoisotopic (exact) mass is 539 g/mol. The molecular formula is C29H25N5O4S. The van der Waals surface area contributed by atoms with E-state index in [0.717, 1.165) is 18.7 Å².